The van der Waals surface area contributed by atoms with Gasteiger partial charge in [-0.05, 0) is 79.4 Å². The number of nitrogens with one attached hydrogen (secondary N) is 1. The van der Waals surface area contributed by atoms with Gasteiger partial charge in [0.05, 0.1) is 18.3 Å². The Kier molecular flexibility index (Phi) is 11.2. The fraction of sp³-hybridized carbons (Fsp3) is 0.767. The van der Waals surface area contributed by atoms with Gasteiger partial charge in [-0.25, -0.2) is 4.98 Å². The second kappa shape index (κ2) is 15.1. The molecule has 1 aliphatic heterocycles. The van der Waals surface area contributed by atoms with Gasteiger partial charge in [0.15, 0.2) is 17.3 Å². The molecule has 4 aliphatic carbocycles. The second-order valence-corrected chi connectivity index (χ2v) is 18.9. The zero-order chi connectivity index (χ0) is 38.3. The van der Waals surface area contributed by atoms with Gasteiger partial charge in [-0.1, -0.05) is 73.6 Å². The molecule has 5 fully saturated rings. The van der Waals surface area contributed by atoms with Crippen LogP contribution in [0.1, 0.15) is 155 Å². The largest absolute Gasteiger partial charge is 0.341 e. The van der Waals surface area contributed by atoms with Gasteiger partial charge in [0.1, 0.15) is 5.69 Å². The van der Waals surface area contributed by atoms with Gasteiger partial charge in [-0.15, -0.1) is 0 Å². The highest BCUT2D eigenvalue weighted by Gasteiger charge is 2.85. The summed E-state index contributed by atoms with van der Waals surface area (Å²) < 4.78 is 0. The predicted octanol–water partition coefficient (Wildman–Crippen LogP) is 6.89. The Balaban J connectivity index is 1.26. The lowest BCUT2D eigenvalue weighted by Gasteiger charge is -2.37. The lowest BCUT2D eigenvalue weighted by molar-refractivity contribution is -0.147. The van der Waals surface area contributed by atoms with Crippen LogP contribution in [0.25, 0.3) is 0 Å². The van der Waals surface area contributed by atoms with Crippen molar-refractivity contribution >= 4 is 34.9 Å². The topological polar surface area (TPSA) is 143 Å². The Hall–Kier alpha value is -3.30. The summed E-state index contributed by atoms with van der Waals surface area (Å²) in [6.45, 7) is 12.9. The summed E-state index contributed by atoms with van der Waals surface area (Å²) in [6, 6.07) is -1.47. The Morgan fingerprint density at radius 2 is 1.62 bits per heavy atom. The second-order valence-electron chi connectivity index (χ2n) is 18.9. The van der Waals surface area contributed by atoms with Gasteiger partial charge in [0.2, 0.25) is 11.7 Å². The molecule has 0 aromatic carbocycles. The van der Waals surface area contributed by atoms with E-state index >= 15 is 4.79 Å². The number of hydrogen-bond donors (Lipinski definition) is 1. The molecule has 1 unspecified atom stereocenters. The zero-order valence-electron chi connectivity index (χ0n) is 33.0. The molecule has 1 N–H and O–H groups in total. The van der Waals surface area contributed by atoms with E-state index in [-0.39, 0.29) is 76.3 Å². The first kappa shape index (κ1) is 39.4. The summed E-state index contributed by atoms with van der Waals surface area (Å²) in [5.41, 5.74) is -0.655. The molecule has 6 rings (SSSR count). The first-order chi connectivity index (χ1) is 25.1. The van der Waals surface area contributed by atoms with Gasteiger partial charge in [0, 0.05) is 55.5 Å². The molecular weight excluding hydrogens is 668 g/mol. The van der Waals surface area contributed by atoms with E-state index in [1.54, 1.807) is 4.90 Å². The number of fused-ring (bicyclic) bond motifs is 1. The van der Waals surface area contributed by atoms with E-state index < -0.39 is 41.0 Å². The number of hydrogen-bond acceptors (Lipinski definition) is 8. The molecule has 2 heterocycles. The SMILES string of the molecule is CCCC(CC(=O)[C@@H]1C[C@@]2(CN1C(=O)[C@@H](CC(=O)[C@@H](NC(=O)c1cnccn1)C1CCCCC1)C(C)(C)C)C(C)(C)C21CCC1)C(=O)C(=O)CC1CC1. The monoisotopic (exact) mass is 730 g/mol. The van der Waals surface area contributed by atoms with Gasteiger partial charge < -0.3 is 10.2 Å². The van der Waals surface area contributed by atoms with E-state index in [0.29, 0.717) is 25.8 Å². The summed E-state index contributed by atoms with van der Waals surface area (Å²) in [4.78, 5) is 93.8. The number of nitrogens with zero attached hydrogens (tertiary/aromatic N) is 3. The minimum Gasteiger partial charge on any atom is -0.341 e. The molecule has 1 aromatic heterocycles. The van der Waals surface area contributed by atoms with Gasteiger partial charge in [-0.2, -0.15) is 0 Å². The van der Waals surface area contributed by atoms with Crippen LogP contribution >= 0.6 is 0 Å². The van der Waals surface area contributed by atoms with Gasteiger partial charge >= 0.3 is 0 Å². The maximum Gasteiger partial charge on any atom is 0.272 e. The van der Waals surface area contributed by atoms with Crippen molar-refractivity contribution in [3.8, 4) is 0 Å². The predicted molar refractivity (Wildman–Crippen MR) is 200 cm³/mol. The summed E-state index contributed by atoms with van der Waals surface area (Å²) in [6.07, 6.45) is 16.1. The van der Waals surface area contributed by atoms with Crippen LogP contribution in [0.5, 0.6) is 0 Å². The van der Waals surface area contributed by atoms with Crippen LogP contribution in [-0.4, -0.2) is 68.4 Å². The van der Waals surface area contributed by atoms with E-state index in [1.807, 2.05) is 27.7 Å². The average Bonchev–Trinajstić information content (AvgIpc) is 3.94. The number of ketones is 4. The maximum atomic E-state index is 15.1. The molecule has 2 spiro atoms. The Morgan fingerprint density at radius 1 is 0.925 bits per heavy atom. The van der Waals surface area contributed by atoms with Crippen molar-refractivity contribution in [2.45, 2.75) is 156 Å². The van der Waals surface area contributed by atoms with E-state index in [2.05, 4.69) is 29.1 Å². The Morgan fingerprint density at radius 3 is 2.17 bits per heavy atom. The standard InChI is InChI=1S/C43H62N4O6/c1-7-12-29(37(51)35(50)21-27-15-16-27)22-33(48)32-24-43(41(5,6)42(43)17-11-18-42)26-47(32)39(53)30(40(2,3)4)23-34(49)36(28-13-9-8-10-14-28)46-38(52)31-25-44-19-20-45-31/h19-20,25,27-30,32,36H,7-18,21-24,26H2,1-6H3,(H,46,52)/t29?,30-,32+,36+,43-/m1/s1. The van der Waals surface area contributed by atoms with Crippen molar-refractivity contribution in [3.05, 3.63) is 24.3 Å². The van der Waals surface area contributed by atoms with Crippen LogP contribution in [0.4, 0.5) is 0 Å². The first-order valence-electron chi connectivity index (χ1n) is 20.6. The summed E-state index contributed by atoms with van der Waals surface area (Å²) >= 11 is 0. The zero-order valence-corrected chi connectivity index (χ0v) is 33.0. The van der Waals surface area contributed by atoms with Crippen LogP contribution in [0.3, 0.4) is 0 Å². The number of carbonyl (C=O) groups is 6. The molecule has 1 aromatic rings. The van der Waals surface area contributed by atoms with Crippen LogP contribution < -0.4 is 5.32 Å². The highest BCUT2D eigenvalue weighted by molar-refractivity contribution is 6.38. The van der Waals surface area contributed by atoms with Crippen molar-refractivity contribution in [1.82, 2.24) is 20.2 Å². The first-order valence-corrected chi connectivity index (χ1v) is 20.6. The fourth-order valence-corrected chi connectivity index (χ4v) is 10.9. The third kappa shape index (κ3) is 7.41. The number of rotatable bonds is 16. The Bertz CT molecular complexity index is 1580. The number of aromatic nitrogens is 2. The molecule has 1 saturated heterocycles. The van der Waals surface area contributed by atoms with E-state index in [1.165, 1.54) is 18.6 Å². The van der Waals surface area contributed by atoms with Crippen molar-refractivity contribution in [1.29, 1.82) is 0 Å². The minimum atomic E-state index is -0.764. The molecule has 0 bridgehead atoms. The van der Waals surface area contributed by atoms with Crippen molar-refractivity contribution in [2.75, 3.05) is 6.54 Å². The summed E-state index contributed by atoms with van der Waals surface area (Å²) in [7, 11) is 0. The number of Topliss-reactive ketones (excluding diaryl/α,β-unsaturated/α-hetero) is 4. The molecule has 53 heavy (non-hydrogen) atoms. The quantitative estimate of drug-likeness (QED) is 0.181. The lowest BCUT2D eigenvalue weighted by atomic mass is 9.73. The molecule has 10 nitrogen and oxygen atoms in total. The van der Waals surface area contributed by atoms with Crippen molar-refractivity contribution in [2.24, 2.45) is 45.3 Å². The highest BCUT2D eigenvalue weighted by Crippen LogP contribution is 2.88. The molecule has 5 atom stereocenters. The van der Waals surface area contributed by atoms with Gasteiger partial charge in [-0.3, -0.25) is 33.8 Å². The summed E-state index contributed by atoms with van der Waals surface area (Å²) in [5, 5.41) is 2.99. The van der Waals surface area contributed by atoms with E-state index in [0.717, 1.165) is 64.2 Å². The molecule has 2 amide bonds. The molecular formula is C43H62N4O6. The van der Waals surface area contributed by atoms with Crippen LogP contribution in [0.2, 0.25) is 0 Å². The molecule has 5 aliphatic rings. The van der Waals surface area contributed by atoms with Crippen LogP contribution in [0, 0.1) is 45.3 Å². The number of amides is 2. The smallest absolute Gasteiger partial charge is 0.272 e. The third-order valence-electron chi connectivity index (χ3n) is 14.7. The van der Waals surface area contributed by atoms with Crippen LogP contribution in [-0.2, 0) is 24.0 Å². The van der Waals surface area contributed by atoms with E-state index in [4.69, 9.17) is 0 Å². The highest BCUT2D eigenvalue weighted by atomic mass is 16.2. The molecule has 10 heteroatoms. The van der Waals surface area contributed by atoms with Crippen molar-refractivity contribution < 1.29 is 28.8 Å². The number of likely N-dealkylation sites (tertiary alicyclic amines) is 1. The average molecular weight is 731 g/mol. The number of carbonyl (C=O) groups excluding carboxylic acids is 6. The van der Waals surface area contributed by atoms with Crippen LogP contribution in [0.15, 0.2) is 18.6 Å². The maximum absolute atomic E-state index is 15.1. The van der Waals surface area contributed by atoms with E-state index in [9.17, 15) is 24.0 Å². The van der Waals surface area contributed by atoms with Gasteiger partial charge in [0.25, 0.3) is 5.91 Å². The lowest BCUT2D eigenvalue weighted by Crippen LogP contribution is -2.51. The molecule has 290 valence electrons. The minimum absolute atomic E-state index is 0.0432. The summed E-state index contributed by atoms with van der Waals surface area (Å²) in [5.74, 6) is -2.94. The molecule has 0 radical (unpaired) electrons. The third-order valence-corrected chi connectivity index (χ3v) is 14.7. The molecule has 4 saturated carbocycles. The fourth-order valence-electron chi connectivity index (χ4n) is 10.9. The normalized spacial score (nSPS) is 26.4. The Labute approximate surface area is 315 Å². The van der Waals surface area contributed by atoms with Crippen molar-refractivity contribution in [3.63, 3.8) is 0 Å².